The highest BCUT2D eigenvalue weighted by atomic mass is 14.0. The van der Waals surface area contributed by atoms with E-state index in [4.69, 9.17) is 0 Å². The van der Waals surface area contributed by atoms with E-state index in [0.717, 1.165) is 0 Å². The van der Waals surface area contributed by atoms with Crippen molar-refractivity contribution in [1.29, 1.82) is 0 Å². The molecule has 0 bridgehead atoms. The fourth-order valence-corrected chi connectivity index (χ4v) is 1.78. The van der Waals surface area contributed by atoms with Gasteiger partial charge in [-0.25, -0.2) is 0 Å². The maximum absolute atomic E-state index is 2.20. The highest BCUT2D eigenvalue weighted by molar-refractivity contribution is 5.29. The first-order valence-electron chi connectivity index (χ1n) is 6.48. The predicted molar refractivity (Wildman–Crippen MR) is 81.3 cm³/mol. The highest BCUT2D eigenvalue weighted by Gasteiger charge is 1.89. The number of aryl methyl sites for hydroxylation is 6. The first-order valence-corrected chi connectivity index (χ1v) is 6.48. The van der Waals surface area contributed by atoms with Crippen LogP contribution in [0, 0.1) is 41.5 Å². The lowest BCUT2D eigenvalue weighted by atomic mass is 10.1. The molecule has 0 aromatic heterocycles. The lowest BCUT2D eigenvalue weighted by Crippen LogP contribution is -1.79. The summed E-state index contributed by atoms with van der Waals surface area (Å²) < 4.78 is 0. The standard InChI is InChI=1S/2C9H12/c2*1-7-4-5-8(2)9(3)6-7/h2*4-6H,1-3H3. The third-order valence-electron chi connectivity index (χ3n) is 3.32. The molecule has 18 heavy (non-hydrogen) atoms. The van der Waals surface area contributed by atoms with Gasteiger partial charge in [-0.1, -0.05) is 47.5 Å². The third kappa shape index (κ3) is 4.37. The van der Waals surface area contributed by atoms with Gasteiger partial charge >= 0.3 is 0 Å². The first-order chi connectivity index (χ1) is 8.40. The smallest absolute Gasteiger partial charge is 0.0395 e. The normalized spacial score (nSPS) is 9.67. The van der Waals surface area contributed by atoms with Crippen LogP contribution in [0.3, 0.4) is 0 Å². The average Bonchev–Trinajstić information content (AvgIpc) is 2.30. The Kier molecular flexibility index (Phi) is 5.15. The van der Waals surface area contributed by atoms with Gasteiger partial charge in [0.05, 0.1) is 0 Å². The van der Waals surface area contributed by atoms with E-state index in [2.05, 4.69) is 77.9 Å². The van der Waals surface area contributed by atoms with Crippen molar-refractivity contribution in [2.75, 3.05) is 0 Å². The van der Waals surface area contributed by atoms with Crippen molar-refractivity contribution in [2.45, 2.75) is 41.5 Å². The molecule has 0 unspecified atom stereocenters. The van der Waals surface area contributed by atoms with Crippen LogP contribution in [-0.4, -0.2) is 0 Å². The topological polar surface area (TPSA) is 0 Å². The van der Waals surface area contributed by atoms with Crippen molar-refractivity contribution in [3.05, 3.63) is 69.8 Å². The molecule has 0 fully saturated rings. The van der Waals surface area contributed by atoms with E-state index in [1.165, 1.54) is 33.4 Å². The minimum atomic E-state index is 1.35. The first kappa shape index (κ1) is 14.5. The Morgan fingerprint density at radius 1 is 0.444 bits per heavy atom. The molecule has 2 aromatic rings. The maximum atomic E-state index is 2.20. The van der Waals surface area contributed by atoms with Crippen LogP contribution in [0.25, 0.3) is 0 Å². The zero-order valence-corrected chi connectivity index (χ0v) is 12.5. The zero-order valence-electron chi connectivity index (χ0n) is 12.5. The largest absolute Gasteiger partial charge is 0.0590 e. The molecule has 0 aliphatic rings. The molecule has 0 atom stereocenters. The number of hydrogen-bond acceptors (Lipinski definition) is 0. The van der Waals surface area contributed by atoms with Crippen LogP contribution in [-0.2, 0) is 0 Å². The third-order valence-corrected chi connectivity index (χ3v) is 3.32. The molecular formula is C18H24. The summed E-state index contributed by atoms with van der Waals surface area (Å²) in [4.78, 5) is 0. The summed E-state index contributed by atoms with van der Waals surface area (Å²) in [5.74, 6) is 0. The van der Waals surface area contributed by atoms with Crippen LogP contribution in [0.2, 0.25) is 0 Å². The Bertz CT molecular complexity index is 472. The van der Waals surface area contributed by atoms with Crippen molar-refractivity contribution < 1.29 is 0 Å². The molecule has 0 aliphatic carbocycles. The average molecular weight is 240 g/mol. The van der Waals surface area contributed by atoms with E-state index in [1.807, 2.05) is 0 Å². The molecule has 0 heterocycles. The van der Waals surface area contributed by atoms with Crippen LogP contribution in [0.4, 0.5) is 0 Å². The second-order valence-corrected chi connectivity index (χ2v) is 5.18. The van der Waals surface area contributed by atoms with Gasteiger partial charge in [-0.05, 0) is 63.8 Å². The summed E-state index contributed by atoms with van der Waals surface area (Å²) in [6, 6.07) is 13.0. The summed E-state index contributed by atoms with van der Waals surface area (Å²) >= 11 is 0. The van der Waals surface area contributed by atoms with Crippen molar-refractivity contribution in [2.24, 2.45) is 0 Å². The molecule has 0 N–H and O–H groups in total. The van der Waals surface area contributed by atoms with Crippen molar-refractivity contribution >= 4 is 0 Å². The van der Waals surface area contributed by atoms with Gasteiger partial charge in [0, 0.05) is 0 Å². The molecule has 0 spiro atoms. The van der Waals surface area contributed by atoms with Crippen molar-refractivity contribution in [3.8, 4) is 0 Å². The molecule has 0 radical (unpaired) electrons. The van der Waals surface area contributed by atoms with Gasteiger partial charge in [-0.3, -0.25) is 0 Å². The number of hydrogen-bond donors (Lipinski definition) is 0. The Labute approximate surface area is 112 Å². The van der Waals surface area contributed by atoms with Crippen LogP contribution in [0.1, 0.15) is 33.4 Å². The van der Waals surface area contributed by atoms with E-state index in [-0.39, 0.29) is 0 Å². The minimum Gasteiger partial charge on any atom is -0.0590 e. The maximum Gasteiger partial charge on any atom is -0.0395 e. The lowest BCUT2D eigenvalue weighted by Gasteiger charge is -1.98. The molecule has 0 aliphatic heterocycles. The summed E-state index contributed by atoms with van der Waals surface area (Å²) in [5, 5.41) is 0. The highest BCUT2D eigenvalue weighted by Crippen LogP contribution is 2.08. The summed E-state index contributed by atoms with van der Waals surface area (Å²) in [6.45, 7) is 12.8. The van der Waals surface area contributed by atoms with E-state index in [0.29, 0.717) is 0 Å². The molecular weight excluding hydrogens is 216 g/mol. The molecule has 0 saturated carbocycles. The second-order valence-electron chi connectivity index (χ2n) is 5.18. The van der Waals surface area contributed by atoms with Crippen LogP contribution in [0.15, 0.2) is 36.4 Å². The van der Waals surface area contributed by atoms with Crippen LogP contribution in [0.5, 0.6) is 0 Å². The molecule has 0 saturated heterocycles. The van der Waals surface area contributed by atoms with Gasteiger partial charge in [0.1, 0.15) is 0 Å². The van der Waals surface area contributed by atoms with E-state index < -0.39 is 0 Å². The SMILES string of the molecule is Cc1ccc(C)c(C)c1.Cc1ccc(C)c(C)c1. The summed E-state index contributed by atoms with van der Waals surface area (Å²) in [6.07, 6.45) is 0. The van der Waals surface area contributed by atoms with Gasteiger partial charge in [0.2, 0.25) is 0 Å². The summed E-state index contributed by atoms with van der Waals surface area (Å²) in [5.41, 5.74) is 8.21. The Morgan fingerprint density at radius 2 is 0.778 bits per heavy atom. The van der Waals surface area contributed by atoms with E-state index >= 15 is 0 Å². The quantitative estimate of drug-likeness (QED) is 0.592. The fraction of sp³-hybridized carbons (Fsp3) is 0.333. The van der Waals surface area contributed by atoms with Gasteiger partial charge in [-0.15, -0.1) is 0 Å². The monoisotopic (exact) mass is 240 g/mol. The van der Waals surface area contributed by atoms with E-state index in [1.54, 1.807) is 0 Å². The van der Waals surface area contributed by atoms with Crippen LogP contribution < -0.4 is 0 Å². The lowest BCUT2D eigenvalue weighted by molar-refractivity contribution is 1.30. The second kappa shape index (κ2) is 6.39. The van der Waals surface area contributed by atoms with E-state index in [9.17, 15) is 0 Å². The van der Waals surface area contributed by atoms with Crippen LogP contribution >= 0.6 is 0 Å². The molecule has 0 nitrogen and oxygen atoms in total. The van der Waals surface area contributed by atoms with Gasteiger partial charge in [0.15, 0.2) is 0 Å². The molecule has 0 amide bonds. The molecule has 96 valence electrons. The number of rotatable bonds is 0. The van der Waals surface area contributed by atoms with Gasteiger partial charge in [0.25, 0.3) is 0 Å². The van der Waals surface area contributed by atoms with Crippen molar-refractivity contribution in [1.82, 2.24) is 0 Å². The fourth-order valence-electron chi connectivity index (χ4n) is 1.78. The zero-order chi connectivity index (χ0) is 13.7. The Balaban J connectivity index is 0.000000180. The molecule has 0 heteroatoms. The summed E-state index contributed by atoms with van der Waals surface area (Å²) in [7, 11) is 0. The van der Waals surface area contributed by atoms with Gasteiger partial charge in [-0.2, -0.15) is 0 Å². The molecule has 2 rings (SSSR count). The number of benzene rings is 2. The molecule has 2 aromatic carbocycles. The van der Waals surface area contributed by atoms with Gasteiger partial charge < -0.3 is 0 Å². The predicted octanol–water partition coefficient (Wildman–Crippen LogP) is 5.22. The minimum absolute atomic E-state index is 1.35. The Hall–Kier alpha value is -1.56. The van der Waals surface area contributed by atoms with Crippen molar-refractivity contribution in [3.63, 3.8) is 0 Å². The Morgan fingerprint density at radius 3 is 1.00 bits per heavy atom.